The van der Waals surface area contributed by atoms with Gasteiger partial charge in [-0.2, -0.15) is 0 Å². The number of anilines is 1. The predicted molar refractivity (Wildman–Crippen MR) is 52.4 cm³/mol. The number of ether oxygens (including phenoxy) is 1. The van der Waals surface area contributed by atoms with E-state index in [9.17, 15) is 0 Å². The Bertz CT molecular complexity index is 312. The third-order valence-corrected chi connectivity index (χ3v) is 2.22. The van der Waals surface area contributed by atoms with Crippen LogP contribution in [0.25, 0.3) is 0 Å². The van der Waals surface area contributed by atoms with Crippen molar-refractivity contribution in [2.24, 2.45) is 0 Å². The quantitative estimate of drug-likeness (QED) is 0.810. The zero-order valence-electron chi connectivity index (χ0n) is 7.38. The smallest absolute Gasteiger partial charge is 0.162 e. The minimum absolute atomic E-state index is 0.368. The molecular weight excluding hydrogens is 188 g/mol. The van der Waals surface area contributed by atoms with Crippen LogP contribution in [0, 0.1) is 0 Å². The van der Waals surface area contributed by atoms with Gasteiger partial charge < -0.3 is 10.1 Å². The topological polar surface area (TPSA) is 34.2 Å². The molecule has 1 aromatic heterocycles. The molecule has 0 aliphatic heterocycles. The molecule has 0 atom stereocenters. The van der Waals surface area contributed by atoms with E-state index in [-0.39, 0.29) is 0 Å². The first-order valence-electron chi connectivity index (χ1n) is 4.29. The fraction of sp³-hybridized carbons (Fsp3) is 0.444. The molecule has 0 saturated heterocycles. The molecule has 0 amide bonds. The van der Waals surface area contributed by atoms with Crippen LogP contribution in [0.4, 0.5) is 5.69 Å². The molecule has 4 heteroatoms. The van der Waals surface area contributed by atoms with Gasteiger partial charge in [0, 0.05) is 13.2 Å². The molecule has 0 bridgehead atoms. The lowest BCUT2D eigenvalue weighted by Crippen LogP contribution is -2.01. The van der Waals surface area contributed by atoms with Gasteiger partial charge in [0.05, 0.1) is 23.0 Å². The van der Waals surface area contributed by atoms with Crippen molar-refractivity contribution < 1.29 is 4.74 Å². The van der Waals surface area contributed by atoms with E-state index in [0.717, 1.165) is 24.3 Å². The van der Waals surface area contributed by atoms with Crippen molar-refractivity contribution in [2.75, 3.05) is 12.4 Å². The van der Waals surface area contributed by atoms with Crippen molar-refractivity contribution in [3.8, 4) is 5.75 Å². The van der Waals surface area contributed by atoms with Crippen molar-refractivity contribution in [1.29, 1.82) is 0 Å². The molecule has 1 aliphatic rings. The van der Waals surface area contributed by atoms with Gasteiger partial charge >= 0.3 is 0 Å². The van der Waals surface area contributed by atoms with E-state index in [1.54, 1.807) is 12.4 Å². The molecule has 0 unspecified atom stereocenters. The van der Waals surface area contributed by atoms with Crippen LogP contribution < -0.4 is 10.1 Å². The second kappa shape index (κ2) is 3.42. The molecule has 2 rings (SSSR count). The van der Waals surface area contributed by atoms with Gasteiger partial charge in [-0.15, -0.1) is 0 Å². The Balaban J connectivity index is 2.25. The molecule has 0 aromatic carbocycles. The molecule has 13 heavy (non-hydrogen) atoms. The standard InChI is InChI=1S/C9H11ClN2O/c1-11-9-7(10)4-12-5-8(9)13-6-2-3-6/h4-6H,2-3H2,1H3,(H,11,12). The average Bonchev–Trinajstić information content (AvgIpc) is 2.89. The number of hydrogen-bond acceptors (Lipinski definition) is 3. The van der Waals surface area contributed by atoms with Gasteiger partial charge in [-0.3, -0.25) is 4.98 Å². The number of halogens is 1. The molecule has 70 valence electrons. The molecule has 1 fully saturated rings. The lowest BCUT2D eigenvalue weighted by atomic mass is 10.4. The van der Waals surface area contributed by atoms with Gasteiger partial charge in [-0.1, -0.05) is 11.6 Å². The Kier molecular flexibility index (Phi) is 2.27. The second-order valence-corrected chi connectivity index (χ2v) is 3.47. The number of aromatic nitrogens is 1. The van der Waals surface area contributed by atoms with E-state index >= 15 is 0 Å². The molecule has 0 spiro atoms. The molecule has 1 heterocycles. The van der Waals surface area contributed by atoms with Gasteiger partial charge in [0.25, 0.3) is 0 Å². The van der Waals surface area contributed by atoms with Crippen molar-refractivity contribution in [1.82, 2.24) is 4.98 Å². The Hall–Kier alpha value is -0.960. The Morgan fingerprint density at radius 2 is 2.31 bits per heavy atom. The van der Waals surface area contributed by atoms with Crippen LogP contribution in [0.2, 0.25) is 5.02 Å². The maximum Gasteiger partial charge on any atom is 0.162 e. The van der Waals surface area contributed by atoms with E-state index in [2.05, 4.69) is 10.3 Å². The Morgan fingerprint density at radius 3 is 2.92 bits per heavy atom. The Morgan fingerprint density at radius 1 is 1.54 bits per heavy atom. The van der Waals surface area contributed by atoms with Crippen LogP contribution in [0.3, 0.4) is 0 Å². The van der Waals surface area contributed by atoms with Crippen LogP contribution in [-0.4, -0.2) is 18.1 Å². The molecule has 1 aliphatic carbocycles. The van der Waals surface area contributed by atoms with Gasteiger partial charge in [0.1, 0.15) is 0 Å². The summed E-state index contributed by atoms with van der Waals surface area (Å²) in [6, 6.07) is 0. The van der Waals surface area contributed by atoms with Gasteiger partial charge in [-0.25, -0.2) is 0 Å². The lowest BCUT2D eigenvalue weighted by molar-refractivity contribution is 0.303. The van der Waals surface area contributed by atoms with E-state index in [1.807, 2.05) is 7.05 Å². The minimum atomic E-state index is 0.368. The summed E-state index contributed by atoms with van der Waals surface area (Å²) in [7, 11) is 1.82. The fourth-order valence-corrected chi connectivity index (χ4v) is 1.36. The average molecular weight is 199 g/mol. The number of nitrogens with one attached hydrogen (secondary N) is 1. The maximum absolute atomic E-state index is 5.93. The highest BCUT2D eigenvalue weighted by Crippen LogP contribution is 2.35. The molecule has 3 nitrogen and oxygen atoms in total. The number of nitrogens with zero attached hydrogens (tertiary/aromatic N) is 1. The summed E-state index contributed by atoms with van der Waals surface area (Å²) in [4.78, 5) is 3.98. The largest absolute Gasteiger partial charge is 0.487 e. The van der Waals surface area contributed by atoms with E-state index in [1.165, 1.54) is 0 Å². The normalized spacial score (nSPS) is 15.5. The third kappa shape index (κ3) is 1.86. The monoisotopic (exact) mass is 198 g/mol. The minimum Gasteiger partial charge on any atom is -0.487 e. The molecule has 0 radical (unpaired) electrons. The van der Waals surface area contributed by atoms with Crippen molar-refractivity contribution in [2.45, 2.75) is 18.9 Å². The number of hydrogen-bond donors (Lipinski definition) is 1. The van der Waals surface area contributed by atoms with Crippen molar-refractivity contribution in [3.63, 3.8) is 0 Å². The second-order valence-electron chi connectivity index (χ2n) is 3.06. The van der Waals surface area contributed by atoms with Crippen LogP contribution in [-0.2, 0) is 0 Å². The van der Waals surface area contributed by atoms with Crippen LogP contribution in [0.1, 0.15) is 12.8 Å². The number of rotatable bonds is 3. The van der Waals surface area contributed by atoms with Gasteiger partial charge in [0.15, 0.2) is 5.75 Å². The lowest BCUT2D eigenvalue weighted by Gasteiger charge is -2.10. The molecule has 1 aromatic rings. The first-order chi connectivity index (χ1) is 6.31. The van der Waals surface area contributed by atoms with E-state index in [4.69, 9.17) is 16.3 Å². The van der Waals surface area contributed by atoms with Gasteiger partial charge in [-0.05, 0) is 12.8 Å². The molecular formula is C9H11ClN2O. The van der Waals surface area contributed by atoms with Crippen molar-refractivity contribution in [3.05, 3.63) is 17.4 Å². The summed E-state index contributed by atoms with van der Waals surface area (Å²) in [5.41, 5.74) is 0.823. The SMILES string of the molecule is CNc1c(Cl)cncc1OC1CC1. The first-order valence-corrected chi connectivity index (χ1v) is 4.67. The summed E-state index contributed by atoms with van der Waals surface area (Å²) in [5.74, 6) is 0.748. The molecule has 1 saturated carbocycles. The van der Waals surface area contributed by atoms with Crippen LogP contribution in [0.5, 0.6) is 5.75 Å². The predicted octanol–water partition coefficient (Wildman–Crippen LogP) is 2.32. The first kappa shape index (κ1) is 8.63. The number of pyridine rings is 1. The Labute approximate surface area is 82.1 Å². The molecule has 1 N–H and O–H groups in total. The van der Waals surface area contributed by atoms with E-state index in [0.29, 0.717) is 11.1 Å². The summed E-state index contributed by atoms with van der Waals surface area (Å²) < 4.78 is 5.62. The van der Waals surface area contributed by atoms with Crippen LogP contribution in [0.15, 0.2) is 12.4 Å². The van der Waals surface area contributed by atoms with Gasteiger partial charge in [0.2, 0.25) is 0 Å². The zero-order chi connectivity index (χ0) is 9.26. The summed E-state index contributed by atoms with van der Waals surface area (Å²) >= 11 is 5.93. The zero-order valence-corrected chi connectivity index (χ0v) is 8.14. The summed E-state index contributed by atoms with van der Waals surface area (Å²) in [6.07, 6.45) is 5.93. The highest BCUT2D eigenvalue weighted by atomic mass is 35.5. The third-order valence-electron chi connectivity index (χ3n) is 1.93. The summed E-state index contributed by atoms with van der Waals surface area (Å²) in [6.45, 7) is 0. The maximum atomic E-state index is 5.93. The highest BCUT2D eigenvalue weighted by molar-refractivity contribution is 6.33. The highest BCUT2D eigenvalue weighted by Gasteiger charge is 2.25. The summed E-state index contributed by atoms with van der Waals surface area (Å²) in [5, 5.41) is 3.60. The van der Waals surface area contributed by atoms with Crippen LogP contribution >= 0.6 is 11.6 Å². The van der Waals surface area contributed by atoms with E-state index < -0.39 is 0 Å². The van der Waals surface area contributed by atoms with Crippen molar-refractivity contribution >= 4 is 17.3 Å². The fourth-order valence-electron chi connectivity index (χ4n) is 1.11.